The molecule has 2 heterocycles. The molecule has 0 radical (unpaired) electrons. The molecule has 0 atom stereocenters. The largest absolute Gasteiger partial charge is 0.507 e. The van der Waals surface area contributed by atoms with Gasteiger partial charge in [0.2, 0.25) is 5.91 Å². The number of carbonyl (C=O) groups excluding carboxylic acids is 1. The third-order valence-electron chi connectivity index (χ3n) is 4.67. The SMILES string of the molecule is CC(=O)Nc1ccc(-c2cccc(CNc3ccc(-c4ccccc4O)nn3)c2O)nn1. The average molecular weight is 428 g/mol. The minimum Gasteiger partial charge on any atom is -0.507 e. The number of amides is 1. The van der Waals surface area contributed by atoms with Gasteiger partial charge in [-0.15, -0.1) is 20.4 Å². The Balaban J connectivity index is 1.47. The number of nitrogens with one attached hydrogen (secondary N) is 2. The molecular formula is C23H20N6O3. The lowest BCUT2D eigenvalue weighted by molar-refractivity contribution is -0.114. The molecule has 0 unspecified atom stereocenters. The van der Waals surface area contributed by atoms with Gasteiger partial charge in [0.05, 0.1) is 11.4 Å². The van der Waals surface area contributed by atoms with E-state index in [9.17, 15) is 15.0 Å². The molecule has 4 rings (SSSR count). The number of aromatic hydroxyl groups is 2. The summed E-state index contributed by atoms with van der Waals surface area (Å²) in [5.74, 6) is 0.829. The Bertz CT molecular complexity index is 1240. The molecule has 1 amide bonds. The van der Waals surface area contributed by atoms with Crippen LogP contribution >= 0.6 is 0 Å². The van der Waals surface area contributed by atoms with E-state index >= 15 is 0 Å². The number of anilines is 2. The van der Waals surface area contributed by atoms with Crippen LogP contribution in [0.15, 0.2) is 66.7 Å². The van der Waals surface area contributed by atoms with Gasteiger partial charge in [0.15, 0.2) is 5.82 Å². The van der Waals surface area contributed by atoms with Gasteiger partial charge in [0.25, 0.3) is 0 Å². The van der Waals surface area contributed by atoms with Crippen LogP contribution in [-0.2, 0) is 11.3 Å². The number of phenols is 2. The van der Waals surface area contributed by atoms with Crippen LogP contribution < -0.4 is 10.6 Å². The van der Waals surface area contributed by atoms with E-state index in [1.807, 2.05) is 12.1 Å². The van der Waals surface area contributed by atoms with Crippen LogP contribution in [0, 0.1) is 0 Å². The first-order valence-corrected chi connectivity index (χ1v) is 9.80. The fourth-order valence-corrected chi connectivity index (χ4v) is 3.11. The molecule has 2 aromatic carbocycles. The zero-order chi connectivity index (χ0) is 22.5. The molecule has 0 saturated carbocycles. The maximum Gasteiger partial charge on any atom is 0.222 e. The summed E-state index contributed by atoms with van der Waals surface area (Å²) in [5, 5.41) is 42.7. The van der Waals surface area contributed by atoms with Crippen LogP contribution in [0.25, 0.3) is 22.5 Å². The summed E-state index contributed by atoms with van der Waals surface area (Å²) in [6.45, 7) is 1.70. The fourth-order valence-electron chi connectivity index (χ4n) is 3.11. The highest BCUT2D eigenvalue weighted by atomic mass is 16.3. The van der Waals surface area contributed by atoms with Gasteiger partial charge in [-0.1, -0.05) is 24.3 Å². The lowest BCUT2D eigenvalue weighted by Gasteiger charge is -2.11. The summed E-state index contributed by atoms with van der Waals surface area (Å²) in [6.07, 6.45) is 0. The van der Waals surface area contributed by atoms with Gasteiger partial charge in [-0.25, -0.2) is 0 Å². The monoisotopic (exact) mass is 428 g/mol. The summed E-state index contributed by atoms with van der Waals surface area (Å²) in [5.41, 5.74) is 2.79. The predicted octanol–water partition coefficient (Wildman–Crippen LogP) is 3.58. The molecule has 0 aliphatic carbocycles. The minimum atomic E-state index is -0.236. The standard InChI is InChI=1S/C23H20N6O3/c1-14(30)25-22-12-10-19(27-29-22)17-7-4-5-15(23(17)32)13-24-21-11-9-18(26-28-21)16-6-2-3-8-20(16)31/h2-12,31-32H,13H2,1H3,(H,24,28)(H,25,29,30). The zero-order valence-corrected chi connectivity index (χ0v) is 17.1. The number of para-hydroxylation sites is 2. The smallest absolute Gasteiger partial charge is 0.222 e. The van der Waals surface area contributed by atoms with Crippen molar-refractivity contribution in [1.29, 1.82) is 0 Å². The number of nitrogens with zero attached hydrogens (tertiary/aromatic N) is 4. The Morgan fingerprint density at radius 3 is 2.09 bits per heavy atom. The van der Waals surface area contributed by atoms with Crippen molar-refractivity contribution in [2.75, 3.05) is 10.6 Å². The second-order valence-corrected chi connectivity index (χ2v) is 6.97. The fraction of sp³-hybridized carbons (Fsp3) is 0.0870. The third-order valence-corrected chi connectivity index (χ3v) is 4.67. The average Bonchev–Trinajstić information content (AvgIpc) is 2.79. The maximum absolute atomic E-state index is 11.1. The van der Waals surface area contributed by atoms with Gasteiger partial charge in [-0.3, -0.25) is 4.79 Å². The molecule has 4 aromatic rings. The molecule has 0 saturated heterocycles. The lowest BCUT2D eigenvalue weighted by Crippen LogP contribution is -2.08. The minimum absolute atomic E-state index is 0.0698. The molecule has 0 fully saturated rings. The van der Waals surface area contributed by atoms with Crippen LogP contribution in [0.2, 0.25) is 0 Å². The van der Waals surface area contributed by atoms with Gasteiger partial charge in [0.1, 0.15) is 17.3 Å². The molecule has 32 heavy (non-hydrogen) atoms. The predicted molar refractivity (Wildman–Crippen MR) is 120 cm³/mol. The number of benzene rings is 2. The first kappa shape index (κ1) is 20.7. The van der Waals surface area contributed by atoms with Crippen LogP contribution in [0.5, 0.6) is 11.5 Å². The normalized spacial score (nSPS) is 10.5. The Hall–Kier alpha value is -4.53. The molecule has 0 spiro atoms. The Labute approximate surface area is 183 Å². The van der Waals surface area contributed by atoms with Crippen molar-refractivity contribution in [3.63, 3.8) is 0 Å². The van der Waals surface area contributed by atoms with Gasteiger partial charge in [-0.05, 0) is 42.5 Å². The second-order valence-electron chi connectivity index (χ2n) is 6.97. The van der Waals surface area contributed by atoms with E-state index in [0.29, 0.717) is 46.3 Å². The van der Waals surface area contributed by atoms with E-state index < -0.39 is 0 Å². The number of hydrogen-bond acceptors (Lipinski definition) is 8. The van der Waals surface area contributed by atoms with E-state index in [4.69, 9.17) is 0 Å². The summed E-state index contributed by atoms with van der Waals surface area (Å²) < 4.78 is 0. The summed E-state index contributed by atoms with van der Waals surface area (Å²) in [4.78, 5) is 11.1. The van der Waals surface area contributed by atoms with Crippen molar-refractivity contribution in [2.45, 2.75) is 13.5 Å². The van der Waals surface area contributed by atoms with Crippen LogP contribution in [0.4, 0.5) is 11.6 Å². The molecule has 160 valence electrons. The van der Waals surface area contributed by atoms with E-state index in [1.54, 1.807) is 54.6 Å². The Morgan fingerprint density at radius 2 is 1.44 bits per heavy atom. The van der Waals surface area contributed by atoms with Gasteiger partial charge >= 0.3 is 0 Å². The quantitative estimate of drug-likeness (QED) is 0.366. The topological polar surface area (TPSA) is 133 Å². The number of aromatic nitrogens is 4. The second kappa shape index (κ2) is 9.09. The van der Waals surface area contributed by atoms with Crippen molar-refractivity contribution in [1.82, 2.24) is 20.4 Å². The Morgan fingerprint density at radius 1 is 0.781 bits per heavy atom. The molecular weight excluding hydrogens is 408 g/mol. The highest BCUT2D eigenvalue weighted by Gasteiger charge is 2.12. The van der Waals surface area contributed by atoms with Crippen molar-refractivity contribution < 1.29 is 15.0 Å². The van der Waals surface area contributed by atoms with E-state index in [-0.39, 0.29) is 17.4 Å². The first-order valence-electron chi connectivity index (χ1n) is 9.80. The van der Waals surface area contributed by atoms with Crippen molar-refractivity contribution in [3.8, 4) is 34.0 Å². The van der Waals surface area contributed by atoms with Gasteiger partial charge < -0.3 is 20.8 Å². The Kier molecular flexibility index (Phi) is 5.89. The molecule has 0 aliphatic heterocycles. The third kappa shape index (κ3) is 4.62. The summed E-state index contributed by atoms with van der Waals surface area (Å²) in [7, 11) is 0. The van der Waals surface area contributed by atoms with Crippen molar-refractivity contribution in [2.24, 2.45) is 0 Å². The van der Waals surface area contributed by atoms with Gasteiger partial charge in [0, 0.05) is 30.2 Å². The molecule has 0 bridgehead atoms. The number of hydrogen-bond donors (Lipinski definition) is 4. The van der Waals surface area contributed by atoms with Crippen LogP contribution in [0.3, 0.4) is 0 Å². The lowest BCUT2D eigenvalue weighted by atomic mass is 10.1. The highest BCUT2D eigenvalue weighted by Crippen LogP contribution is 2.31. The molecule has 0 aliphatic rings. The van der Waals surface area contributed by atoms with E-state index in [0.717, 1.165) is 0 Å². The highest BCUT2D eigenvalue weighted by molar-refractivity contribution is 5.87. The summed E-state index contributed by atoms with van der Waals surface area (Å²) in [6, 6.07) is 19.1. The molecule has 9 heteroatoms. The van der Waals surface area contributed by atoms with Crippen LogP contribution in [0.1, 0.15) is 12.5 Å². The molecule has 9 nitrogen and oxygen atoms in total. The first-order chi connectivity index (χ1) is 15.5. The zero-order valence-electron chi connectivity index (χ0n) is 17.1. The van der Waals surface area contributed by atoms with Crippen molar-refractivity contribution in [3.05, 3.63) is 72.3 Å². The summed E-state index contributed by atoms with van der Waals surface area (Å²) >= 11 is 0. The number of rotatable bonds is 6. The molecule has 2 aromatic heterocycles. The number of phenolic OH excluding ortho intramolecular Hbond substituents is 2. The van der Waals surface area contributed by atoms with Crippen LogP contribution in [-0.4, -0.2) is 36.5 Å². The van der Waals surface area contributed by atoms with Gasteiger partial charge in [-0.2, -0.15) is 0 Å². The van der Waals surface area contributed by atoms with E-state index in [2.05, 4.69) is 31.0 Å². The van der Waals surface area contributed by atoms with Crippen molar-refractivity contribution >= 4 is 17.5 Å². The van der Waals surface area contributed by atoms with E-state index in [1.165, 1.54) is 6.92 Å². The molecule has 4 N–H and O–H groups in total. The number of carbonyl (C=O) groups is 1. The maximum atomic E-state index is 11.1.